The average molecular weight is 288 g/mol. The Balaban J connectivity index is 2.15. The molecule has 0 unspecified atom stereocenters. The molecule has 1 saturated heterocycles. The second kappa shape index (κ2) is 5.48. The van der Waals surface area contributed by atoms with Crippen molar-refractivity contribution in [2.45, 2.75) is 26.1 Å². The highest BCUT2D eigenvalue weighted by Crippen LogP contribution is 2.23. The summed E-state index contributed by atoms with van der Waals surface area (Å²) in [7, 11) is 1.74. The summed E-state index contributed by atoms with van der Waals surface area (Å²) in [6.07, 6.45) is -0.995. The van der Waals surface area contributed by atoms with Gasteiger partial charge in [0.1, 0.15) is 6.10 Å². The minimum absolute atomic E-state index is 0.228. The zero-order valence-corrected chi connectivity index (χ0v) is 12.0. The van der Waals surface area contributed by atoms with Crippen LogP contribution in [0.1, 0.15) is 23.1 Å². The Kier molecular flexibility index (Phi) is 4.13. The van der Waals surface area contributed by atoms with Crippen LogP contribution in [0.5, 0.6) is 0 Å². The molecule has 0 spiro atoms. The van der Waals surface area contributed by atoms with E-state index in [2.05, 4.69) is 5.10 Å². The van der Waals surface area contributed by atoms with E-state index in [0.717, 1.165) is 5.69 Å². The Morgan fingerprint density at radius 3 is 2.79 bits per heavy atom. The maximum absolute atomic E-state index is 12.3. The Bertz CT molecular complexity index is 489. The molecule has 2 atom stereocenters. The minimum atomic E-state index is -0.660. The third-order valence-electron chi connectivity index (χ3n) is 3.37. The van der Waals surface area contributed by atoms with Crippen LogP contribution in [0.15, 0.2) is 0 Å². The summed E-state index contributed by atoms with van der Waals surface area (Å²) in [5.74, 6) is -0.269. The van der Waals surface area contributed by atoms with Gasteiger partial charge in [-0.25, -0.2) is 0 Å². The summed E-state index contributed by atoms with van der Waals surface area (Å²) >= 11 is 6.10. The second-order valence-electron chi connectivity index (χ2n) is 4.64. The lowest BCUT2D eigenvalue weighted by molar-refractivity contribution is -0.00237. The summed E-state index contributed by atoms with van der Waals surface area (Å²) in [6, 6.07) is 0. The molecule has 0 aromatic carbocycles. The average Bonchev–Trinajstić information content (AvgIpc) is 2.86. The molecule has 19 heavy (non-hydrogen) atoms. The first-order chi connectivity index (χ1) is 8.95. The number of carbonyl (C=O) groups excluding carboxylic acids is 1. The molecular weight excluding hydrogens is 270 g/mol. The fourth-order valence-corrected chi connectivity index (χ4v) is 2.41. The van der Waals surface area contributed by atoms with Gasteiger partial charge < -0.3 is 14.7 Å². The van der Waals surface area contributed by atoms with Crippen LogP contribution in [-0.2, 0) is 11.8 Å². The number of amides is 1. The van der Waals surface area contributed by atoms with E-state index >= 15 is 0 Å². The number of likely N-dealkylation sites (tertiary alicyclic amines) is 1. The first-order valence-corrected chi connectivity index (χ1v) is 6.61. The van der Waals surface area contributed by atoms with Crippen molar-refractivity contribution in [2.75, 3.05) is 19.7 Å². The minimum Gasteiger partial charge on any atom is -0.388 e. The largest absolute Gasteiger partial charge is 0.388 e. The number of hydrogen-bond donors (Lipinski definition) is 1. The summed E-state index contributed by atoms with van der Waals surface area (Å²) in [5.41, 5.74) is 0.970. The van der Waals surface area contributed by atoms with Gasteiger partial charge in [0.05, 0.1) is 16.8 Å². The number of β-amino-alcohol motifs (C(OH)–C–C–N with tert-alkyl or cyclic N) is 1. The summed E-state index contributed by atoms with van der Waals surface area (Å²) in [5, 5.41) is 14.3. The number of ether oxygens (including phenoxy) is 1. The van der Waals surface area contributed by atoms with Crippen molar-refractivity contribution in [1.82, 2.24) is 14.7 Å². The third-order valence-corrected chi connectivity index (χ3v) is 3.82. The lowest BCUT2D eigenvalue weighted by Gasteiger charge is -2.14. The Morgan fingerprint density at radius 2 is 2.26 bits per heavy atom. The van der Waals surface area contributed by atoms with Crippen molar-refractivity contribution in [2.24, 2.45) is 7.05 Å². The van der Waals surface area contributed by atoms with E-state index in [-0.39, 0.29) is 24.2 Å². The van der Waals surface area contributed by atoms with Crippen LogP contribution in [-0.4, -0.2) is 57.6 Å². The molecule has 1 aromatic heterocycles. The number of aryl methyl sites for hydroxylation is 1. The molecule has 0 bridgehead atoms. The molecule has 1 aliphatic rings. The van der Waals surface area contributed by atoms with E-state index < -0.39 is 6.10 Å². The SMILES string of the molecule is CCO[C@@H]1CN(C(=O)c2nn(C)c(C)c2Cl)C[C@H]1O. The van der Waals surface area contributed by atoms with Crippen LogP contribution in [0.25, 0.3) is 0 Å². The summed E-state index contributed by atoms with van der Waals surface area (Å²) < 4.78 is 6.96. The van der Waals surface area contributed by atoms with Crippen molar-refractivity contribution < 1.29 is 14.6 Å². The van der Waals surface area contributed by atoms with Crippen molar-refractivity contribution in [3.05, 3.63) is 16.4 Å². The lowest BCUT2D eigenvalue weighted by Crippen LogP contribution is -2.30. The standard InChI is InChI=1S/C12H18ClN3O3/c1-4-19-9-6-16(5-8(9)17)12(18)11-10(13)7(2)15(3)14-11/h8-9,17H,4-6H2,1-3H3/t8-,9-/m1/s1. The molecule has 1 aliphatic heterocycles. The van der Waals surface area contributed by atoms with Crippen LogP contribution in [0, 0.1) is 6.92 Å². The van der Waals surface area contributed by atoms with Crippen molar-refractivity contribution in [3.63, 3.8) is 0 Å². The van der Waals surface area contributed by atoms with Crippen molar-refractivity contribution >= 4 is 17.5 Å². The van der Waals surface area contributed by atoms with E-state index in [1.807, 2.05) is 6.92 Å². The van der Waals surface area contributed by atoms with Crippen LogP contribution < -0.4 is 0 Å². The summed E-state index contributed by atoms with van der Waals surface area (Å²) in [4.78, 5) is 13.9. The molecule has 0 saturated carbocycles. The van der Waals surface area contributed by atoms with E-state index in [9.17, 15) is 9.90 Å². The Labute approximate surface area is 116 Å². The van der Waals surface area contributed by atoms with E-state index in [1.165, 1.54) is 4.90 Å². The van der Waals surface area contributed by atoms with Gasteiger partial charge in [-0.2, -0.15) is 5.10 Å². The monoisotopic (exact) mass is 287 g/mol. The van der Waals surface area contributed by atoms with Gasteiger partial charge in [-0.05, 0) is 13.8 Å². The molecule has 0 aliphatic carbocycles. The first-order valence-electron chi connectivity index (χ1n) is 6.23. The molecule has 1 fully saturated rings. The highest BCUT2D eigenvalue weighted by molar-refractivity contribution is 6.34. The molecule has 7 heteroatoms. The number of nitrogens with zero attached hydrogens (tertiary/aromatic N) is 3. The highest BCUT2D eigenvalue weighted by atomic mass is 35.5. The van der Waals surface area contributed by atoms with Gasteiger partial charge >= 0.3 is 0 Å². The predicted octanol–water partition coefficient (Wildman–Crippen LogP) is 0.604. The number of halogens is 1. The number of carbonyl (C=O) groups is 1. The van der Waals surface area contributed by atoms with Crippen LogP contribution in [0.4, 0.5) is 0 Å². The second-order valence-corrected chi connectivity index (χ2v) is 5.02. The van der Waals surface area contributed by atoms with Crippen LogP contribution >= 0.6 is 11.6 Å². The van der Waals surface area contributed by atoms with Gasteiger partial charge in [0.25, 0.3) is 5.91 Å². The van der Waals surface area contributed by atoms with Crippen molar-refractivity contribution in [1.29, 1.82) is 0 Å². The van der Waals surface area contributed by atoms with Crippen molar-refractivity contribution in [3.8, 4) is 0 Å². The van der Waals surface area contributed by atoms with Gasteiger partial charge in [-0.1, -0.05) is 11.6 Å². The van der Waals surface area contributed by atoms with Gasteiger partial charge in [-0.3, -0.25) is 9.48 Å². The molecule has 1 aromatic rings. The highest BCUT2D eigenvalue weighted by Gasteiger charge is 2.36. The topological polar surface area (TPSA) is 67.6 Å². The molecule has 2 rings (SSSR count). The van der Waals surface area contributed by atoms with Gasteiger partial charge in [0, 0.05) is 26.7 Å². The van der Waals surface area contributed by atoms with E-state index in [0.29, 0.717) is 18.2 Å². The van der Waals surface area contributed by atoms with Gasteiger partial charge in [0.15, 0.2) is 5.69 Å². The summed E-state index contributed by atoms with van der Waals surface area (Å²) in [6.45, 7) is 4.77. The van der Waals surface area contributed by atoms with Gasteiger partial charge in [0.2, 0.25) is 0 Å². The predicted molar refractivity (Wildman–Crippen MR) is 70.3 cm³/mol. The number of hydrogen-bond acceptors (Lipinski definition) is 4. The molecule has 2 heterocycles. The Morgan fingerprint density at radius 1 is 1.58 bits per heavy atom. The smallest absolute Gasteiger partial charge is 0.276 e. The normalized spacial score (nSPS) is 23.1. The zero-order chi connectivity index (χ0) is 14.2. The molecule has 1 amide bonds. The zero-order valence-electron chi connectivity index (χ0n) is 11.3. The Hall–Kier alpha value is -1.11. The number of aromatic nitrogens is 2. The fourth-order valence-electron chi connectivity index (χ4n) is 2.17. The third kappa shape index (κ3) is 2.61. The molecule has 6 nitrogen and oxygen atoms in total. The fraction of sp³-hybridized carbons (Fsp3) is 0.667. The maximum Gasteiger partial charge on any atom is 0.276 e. The van der Waals surface area contributed by atoms with Gasteiger partial charge in [-0.15, -0.1) is 0 Å². The lowest BCUT2D eigenvalue weighted by atomic mass is 10.3. The van der Waals surface area contributed by atoms with E-state index in [1.54, 1.807) is 18.7 Å². The number of rotatable bonds is 3. The van der Waals surface area contributed by atoms with E-state index in [4.69, 9.17) is 16.3 Å². The first kappa shape index (κ1) is 14.3. The molecular formula is C12H18ClN3O3. The number of aliphatic hydroxyl groups excluding tert-OH is 1. The van der Waals surface area contributed by atoms with Crippen LogP contribution in [0.2, 0.25) is 5.02 Å². The van der Waals surface area contributed by atoms with Crippen LogP contribution in [0.3, 0.4) is 0 Å². The molecule has 106 valence electrons. The molecule has 1 N–H and O–H groups in total. The quantitative estimate of drug-likeness (QED) is 0.884. The molecule has 0 radical (unpaired) electrons. The number of aliphatic hydroxyl groups is 1. The maximum atomic E-state index is 12.3.